The van der Waals surface area contributed by atoms with Gasteiger partial charge in [-0.1, -0.05) is 38.5 Å². The molecule has 46 heavy (non-hydrogen) atoms. The molecule has 2 saturated heterocycles. The lowest BCUT2D eigenvalue weighted by atomic mass is 9.88. The number of nitrogens with one attached hydrogen (secondary N) is 1. The highest BCUT2D eigenvalue weighted by Gasteiger charge is 2.25. The smallest absolute Gasteiger partial charge is 0.213 e. The van der Waals surface area contributed by atoms with Gasteiger partial charge in [0.25, 0.3) is 0 Å². The maximum absolute atomic E-state index is 13.2. The van der Waals surface area contributed by atoms with Crippen LogP contribution in [0.4, 0.5) is 5.82 Å². The van der Waals surface area contributed by atoms with Crippen molar-refractivity contribution in [3.8, 4) is 0 Å². The Morgan fingerprint density at radius 2 is 1.76 bits per heavy atom. The summed E-state index contributed by atoms with van der Waals surface area (Å²) in [7, 11) is 3.12. The summed E-state index contributed by atoms with van der Waals surface area (Å²) in [4.78, 5) is 24.0. The Hall–Kier alpha value is -3.12. The van der Waals surface area contributed by atoms with Crippen molar-refractivity contribution in [1.82, 2.24) is 24.3 Å². The molecule has 0 spiro atoms. The Bertz CT molecular complexity index is 1420. The number of hydrogen-bond acceptors (Lipinski definition) is 7. The first-order chi connectivity index (χ1) is 22.3. The summed E-state index contributed by atoms with van der Waals surface area (Å²) in [6.07, 6.45) is 8.20. The van der Waals surface area contributed by atoms with E-state index >= 15 is 0 Å². The number of fused-ring (bicyclic) bond motifs is 1. The summed E-state index contributed by atoms with van der Waals surface area (Å²) in [6, 6.07) is 15.8. The Labute approximate surface area is 277 Å². The third kappa shape index (κ3) is 9.47. The standard InChI is InChI=1S/C33H50N6OS.C2H3NO2/c1-5-16-36(3)33-31-11-10-28(23-32(31)37(4)35-33)27-12-17-38(18-13-27)24-25(6-2)21-26-8-7-9-30(22-26)41(40)39-19-14-29(34)15-20-39;4-1-3-2-5/h7-11,22-23,25,27,29H,5-6,12-21,24,34H2,1-4H3;1-2H,(H,3,4,5). The molecule has 2 aliphatic rings. The molecule has 3 aromatic rings. The molecule has 10 nitrogen and oxygen atoms in total. The Balaban J connectivity index is 0.000000892. The quantitative estimate of drug-likeness (QED) is 0.266. The SMILES string of the molecule is CCCN(C)c1nn(C)c2cc(C3CCN(CC(CC)Cc4cccc(S(=O)N5CCC(N)CC5)c4)CC3)ccc12.O=CNC=O. The summed E-state index contributed by atoms with van der Waals surface area (Å²) >= 11 is 0. The molecule has 0 aliphatic carbocycles. The lowest BCUT2D eigenvalue weighted by molar-refractivity contribution is -0.117. The van der Waals surface area contributed by atoms with Crippen LogP contribution in [0.2, 0.25) is 0 Å². The van der Waals surface area contributed by atoms with E-state index in [9.17, 15) is 4.21 Å². The fraction of sp³-hybridized carbons (Fsp3) is 0.571. The number of aromatic nitrogens is 2. The predicted molar refractivity (Wildman–Crippen MR) is 187 cm³/mol. The highest BCUT2D eigenvalue weighted by molar-refractivity contribution is 7.82. The van der Waals surface area contributed by atoms with Crippen molar-refractivity contribution in [2.45, 2.75) is 75.6 Å². The molecule has 252 valence electrons. The molecule has 11 heteroatoms. The molecular formula is C35H53N7O3S. The molecule has 2 amide bonds. The van der Waals surface area contributed by atoms with Gasteiger partial charge >= 0.3 is 0 Å². The molecule has 5 rings (SSSR count). The van der Waals surface area contributed by atoms with Gasteiger partial charge in [-0.3, -0.25) is 14.3 Å². The number of anilines is 1. The maximum Gasteiger partial charge on any atom is 0.213 e. The monoisotopic (exact) mass is 651 g/mol. The summed E-state index contributed by atoms with van der Waals surface area (Å²) in [5.41, 5.74) is 10.1. The molecule has 3 heterocycles. The molecule has 2 aliphatic heterocycles. The normalized spacial score (nSPS) is 18.0. The number of nitrogens with zero attached hydrogens (tertiary/aromatic N) is 5. The fourth-order valence-corrected chi connectivity index (χ4v) is 8.01. The lowest BCUT2D eigenvalue weighted by Gasteiger charge is -2.34. The molecule has 2 atom stereocenters. The number of nitrogens with two attached hydrogens (primary N) is 1. The molecular weight excluding hydrogens is 598 g/mol. The summed E-state index contributed by atoms with van der Waals surface area (Å²) < 4.78 is 17.3. The van der Waals surface area contributed by atoms with Crippen molar-refractivity contribution in [3.63, 3.8) is 0 Å². The van der Waals surface area contributed by atoms with Crippen LogP contribution in [0.3, 0.4) is 0 Å². The van der Waals surface area contributed by atoms with Crippen LogP contribution < -0.4 is 16.0 Å². The van der Waals surface area contributed by atoms with Crippen molar-refractivity contribution in [1.29, 1.82) is 0 Å². The van der Waals surface area contributed by atoms with E-state index in [-0.39, 0.29) is 6.04 Å². The first-order valence-corrected chi connectivity index (χ1v) is 17.9. The van der Waals surface area contributed by atoms with Crippen LogP contribution in [-0.4, -0.2) is 88.4 Å². The molecule has 1 aromatic heterocycles. The van der Waals surface area contributed by atoms with Crippen molar-refractivity contribution >= 4 is 40.5 Å². The van der Waals surface area contributed by atoms with Crippen LogP contribution in [0.1, 0.15) is 69.4 Å². The van der Waals surface area contributed by atoms with E-state index in [1.165, 1.54) is 34.9 Å². The first kappa shape index (κ1) is 35.7. The van der Waals surface area contributed by atoms with Gasteiger partial charge in [-0.15, -0.1) is 0 Å². The number of piperidine rings is 2. The van der Waals surface area contributed by atoms with Crippen molar-refractivity contribution < 1.29 is 13.8 Å². The van der Waals surface area contributed by atoms with Gasteiger partial charge in [0, 0.05) is 51.7 Å². The topological polar surface area (TPSA) is 117 Å². The molecule has 0 bridgehead atoms. The van der Waals surface area contributed by atoms with Crippen LogP contribution in [0, 0.1) is 5.92 Å². The molecule has 2 aromatic carbocycles. The van der Waals surface area contributed by atoms with Gasteiger partial charge in [-0.05, 0) is 98.8 Å². The van der Waals surface area contributed by atoms with Crippen LogP contribution in [-0.2, 0) is 34.0 Å². The average molecular weight is 652 g/mol. The second-order valence-electron chi connectivity index (χ2n) is 12.8. The average Bonchev–Trinajstić information content (AvgIpc) is 3.41. The second-order valence-corrected chi connectivity index (χ2v) is 14.3. The van der Waals surface area contributed by atoms with Crippen LogP contribution in [0.25, 0.3) is 10.9 Å². The summed E-state index contributed by atoms with van der Waals surface area (Å²) in [6.45, 7) is 10.6. The number of likely N-dealkylation sites (tertiary alicyclic amines) is 1. The predicted octanol–water partition coefficient (Wildman–Crippen LogP) is 4.20. The van der Waals surface area contributed by atoms with E-state index in [1.807, 2.05) is 10.7 Å². The van der Waals surface area contributed by atoms with Crippen LogP contribution in [0.5, 0.6) is 0 Å². The molecule has 2 fully saturated rings. The van der Waals surface area contributed by atoms with Gasteiger partial charge in [0.2, 0.25) is 12.8 Å². The van der Waals surface area contributed by atoms with Gasteiger partial charge in [-0.2, -0.15) is 5.10 Å². The number of rotatable bonds is 13. The number of carbonyl (C=O) groups excluding carboxylic acids is 2. The largest absolute Gasteiger partial charge is 0.358 e. The zero-order chi connectivity index (χ0) is 33.1. The maximum atomic E-state index is 13.2. The fourth-order valence-electron chi connectivity index (χ4n) is 6.72. The van der Waals surface area contributed by atoms with E-state index in [4.69, 9.17) is 20.4 Å². The molecule has 2 unspecified atom stereocenters. The van der Waals surface area contributed by atoms with E-state index in [1.54, 1.807) is 5.32 Å². The number of imide groups is 1. The number of hydrogen-bond donors (Lipinski definition) is 2. The number of amides is 2. The molecule has 0 radical (unpaired) electrons. The minimum atomic E-state index is -1.09. The van der Waals surface area contributed by atoms with E-state index in [0.717, 1.165) is 82.1 Å². The van der Waals surface area contributed by atoms with Gasteiger partial charge < -0.3 is 20.9 Å². The summed E-state index contributed by atoms with van der Waals surface area (Å²) in [5.74, 6) is 2.30. The van der Waals surface area contributed by atoms with Gasteiger partial charge in [-0.25, -0.2) is 8.51 Å². The molecule has 3 N–H and O–H groups in total. The zero-order valence-electron chi connectivity index (χ0n) is 28.1. The van der Waals surface area contributed by atoms with E-state index < -0.39 is 11.0 Å². The highest BCUT2D eigenvalue weighted by atomic mass is 32.2. The zero-order valence-corrected chi connectivity index (χ0v) is 28.9. The Morgan fingerprint density at radius 1 is 1.04 bits per heavy atom. The van der Waals surface area contributed by atoms with Gasteiger partial charge in [0.05, 0.1) is 10.4 Å². The van der Waals surface area contributed by atoms with E-state index in [2.05, 4.69) is 78.4 Å². The van der Waals surface area contributed by atoms with E-state index in [0.29, 0.717) is 24.7 Å². The number of benzene rings is 2. The number of carbonyl (C=O) groups is 2. The minimum absolute atomic E-state index is 0.250. The highest BCUT2D eigenvalue weighted by Crippen LogP contribution is 2.33. The third-order valence-corrected chi connectivity index (χ3v) is 10.9. The van der Waals surface area contributed by atoms with Crippen molar-refractivity contribution in [2.75, 3.05) is 51.2 Å². The van der Waals surface area contributed by atoms with Crippen LogP contribution >= 0.6 is 0 Å². The van der Waals surface area contributed by atoms with Gasteiger partial charge in [0.1, 0.15) is 11.0 Å². The van der Waals surface area contributed by atoms with Crippen molar-refractivity contribution in [3.05, 3.63) is 53.6 Å². The lowest BCUT2D eigenvalue weighted by Crippen LogP contribution is -2.40. The van der Waals surface area contributed by atoms with Crippen molar-refractivity contribution in [2.24, 2.45) is 18.7 Å². The first-order valence-electron chi connectivity index (χ1n) is 16.8. The van der Waals surface area contributed by atoms with Gasteiger partial charge in [0.15, 0.2) is 5.82 Å². The summed E-state index contributed by atoms with van der Waals surface area (Å²) in [5, 5.41) is 7.84. The Kier molecular flexibility index (Phi) is 13.7. The van der Waals surface area contributed by atoms with Crippen LogP contribution in [0.15, 0.2) is 47.4 Å². The third-order valence-electron chi connectivity index (χ3n) is 9.42. The molecule has 0 saturated carbocycles. The Morgan fingerprint density at radius 3 is 2.39 bits per heavy atom. The second kappa shape index (κ2) is 17.7. The minimum Gasteiger partial charge on any atom is -0.358 e. The number of aryl methyl sites for hydroxylation is 1.